The number of carbonyl (C=O) groups excluding carboxylic acids is 2. The van der Waals surface area contributed by atoms with Crippen molar-refractivity contribution in [2.45, 2.75) is 19.6 Å². The molecule has 30 heavy (non-hydrogen) atoms. The van der Waals surface area contributed by atoms with Crippen LogP contribution in [0, 0.1) is 11.3 Å². The number of hydrogen-bond acceptors (Lipinski definition) is 5. The highest BCUT2D eigenvalue weighted by Crippen LogP contribution is 2.34. The molecule has 0 fully saturated rings. The Balaban J connectivity index is 2.03. The molecule has 1 heterocycles. The molecule has 0 aliphatic carbocycles. The monoisotopic (exact) mass is 413 g/mol. The van der Waals surface area contributed by atoms with E-state index in [0.717, 1.165) is 0 Å². The number of ether oxygens (including phenoxy) is 2. The summed E-state index contributed by atoms with van der Waals surface area (Å²) in [5, 5.41) is 11.7. The van der Waals surface area contributed by atoms with E-state index in [4.69, 9.17) is 10.00 Å². The molecule has 0 aromatic heterocycles. The Morgan fingerprint density at radius 3 is 2.33 bits per heavy atom. The first-order valence-electron chi connectivity index (χ1n) is 8.80. The summed E-state index contributed by atoms with van der Waals surface area (Å²) in [7, 11) is 1.22. The van der Waals surface area contributed by atoms with Crippen LogP contribution in [0.3, 0.4) is 0 Å². The molecule has 0 unspecified atom stereocenters. The third kappa shape index (κ3) is 4.07. The largest absolute Gasteiger partial charge is 0.466 e. The van der Waals surface area contributed by atoms with Gasteiger partial charge in [0.25, 0.3) is 0 Å². The summed E-state index contributed by atoms with van der Waals surface area (Å²) < 4.78 is 34.0. The molecule has 1 N–H and O–H groups in total. The van der Waals surface area contributed by atoms with Gasteiger partial charge in [-0.25, -0.2) is 9.59 Å². The fourth-order valence-corrected chi connectivity index (χ4v) is 3.21. The highest BCUT2D eigenvalue weighted by molar-refractivity contribution is 6.03. The number of benzene rings is 2. The number of esters is 1. The number of nitriles is 1. The molecule has 1 aliphatic rings. The molecule has 0 radical (unpaired) electrons. The molecular formula is C21H17F2N3O4. The fourth-order valence-electron chi connectivity index (χ4n) is 3.21. The Kier molecular flexibility index (Phi) is 5.97. The van der Waals surface area contributed by atoms with Crippen molar-refractivity contribution in [2.75, 3.05) is 12.0 Å². The van der Waals surface area contributed by atoms with Crippen LogP contribution in [0.15, 0.2) is 59.8 Å². The van der Waals surface area contributed by atoms with E-state index < -0.39 is 24.7 Å². The highest BCUT2D eigenvalue weighted by Gasteiger charge is 2.37. The number of nitrogens with zero attached hydrogens (tertiary/aromatic N) is 2. The Hall–Kier alpha value is -3.93. The van der Waals surface area contributed by atoms with Gasteiger partial charge in [-0.15, -0.1) is 0 Å². The van der Waals surface area contributed by atoms with Crippen molar-refractivity contribution < 1.29 is 27.8 Å². The van der Waals surface area contributed by atoms with E-state index in [1.807, 2.05) is 6.07 Å². The van der Waals surface area contributed by atoms with Crippen LogP contribution in [-0.4, -0.2) is 25.7 Å². The van der Waals surface area contributed by atoms with Crippen molar-refractivity contribution in [1.29, 1.82) is 5.26 Å². The molecule has 2 aromatic rings. The number of urea groups is 1. The van der Waals surface area contributed by atoms with Crippen LogP contribution in [0.4, 0.5) is 19.3 Å². The molecule has 0 saturated heterocycles. The minimum absolute atomic E-state index is 0.0459. The summed E-state index contributed by atoms with van der Waals surface area (Å²) in [6, 6.07) is 12.6. The minimum Gasteiger partial charge on any atom is -0.466 e. The number of carbonyl (C=O) groups is 2. The smallest absolute Gasteiger partial charge is 0.387 e. The topological polar surface area (TPSA) is 91.7 Å². The van der Waals surface area contributed by atoms with Crippen LogP contribution >= 0.6 is 0 Å². The molecule has 1 atom stereocenters. The molecule has 0 bridgehead atoms. The number of anilines is 1. The number of hydrogen-bond donors (Lipinski definition) is 1. The third-order valence-electron chi connectivity index (χ3n) is 4.58. The molecule has 2 amide bonds. The second-order valence-electron chi connectivity index (χ2n) is 6.31. The second kappa shape index (κ2) is 8.61. The van der Waals surface area contributed by atoms with Gasteiger partial charge in [0.2, 0.25) is 0 Å². The van der Waals surface area contributed by atoms with E-state index >= 15 is 0 Å². The fraction of sp³-hybridized carbons (Fsp3) is 0.190. The number of alkyl halides is 2. The predicted octanol–water partition coefficient (Wildman–Crippen LogP) is 3.88. The molecule has 0 saturated carbocycles. The lowest BCUT2D eigenvalue weighted by Crippen LogP contribution is -2.48. The van der Waals surface area contributed by atoms with Gasteiger partial charge in [0, 0.05) is 5.70 Å². The Labute approximate surface area is 171 Å². The average molecular weight is 413 g/mol. The minimum atomic E-state index is -2.96. The quantitative estimate of drug-likeness (QED) is 0.752. The van der Waals surface area contributed by atoms with Crippen LogP contribution in [0.1, 0.15) is 24.1 Å². The number of allylic oxidation sites excluding steroid dienone is 1. The molecule has 9 heteroatoms. The standard InChI is InChI=1S/C21H17F2N3O4/c1-12-17(19(27)29-2)18(14-5-9-16(10-6-14)30-20(22)23)25-21(28)26(12)15-7-3-13(11-24)4-8-15/h3-10,18,20H,1-2H3,(H,25,28)/t18-/m0/s1. The Morgan fingerprint density at radius 2 is 1.80 bits per heavy atom. The van der Waals surface area contributed by atoms with Crippen molar-refractivity contribution >= 4 is 17.7 Å². The van der Waals surface area contributed by atoms with Crippen molar-refractivity contribution in [3.8, 4) is 11.8 Å². The lowest BCUT2D eigenvalue weighted by atomic mass is 9.94. The lowest BCUT2D eigenvalue weighted by Gasteiger charge is -2.35. The van der Waals surface area contributed by atoms with Gasteiger partial charge in [0.1, 0.15) is 5.75 Å². The summed E-state index contributed by atoms with van der Waals surface area (Å²) in [4.78, 5) is 26.7. The first-order valence-corrected chi connectivity index (χ1v) is 8.80. The SMILES string of the molecule is COC(=O)C1=C(C)N(c2ccc(C#N)cc2)C(=O)N[C@H]1c1ccc(OC(F)F)cc1. The number of nitrogens with one attached hydrogen (secondary N) is 1. The van der Waals surface area contributed by atoms with Gasteiger partial charge in [-0.2, -0.15) is 14.0 Å². The van der Waals surface area contributed by atoms with Crippen LogP contribution in [0.5, 0.6) is 5.75 Å². The number of rotatable bonds is 5. The maximum Gasteiger partial charge on any atom is 0.387 e. The zero-order chi connectivity index (χ0) is 21.8. The summed E-state index contributed by atoms with van der Waals surface area (Å²) in [6.07, 6.45) is 0. The number of methoxy groups -OCH3 is 1. The maximum absolute atomic E-state index is 12.9. The molecule has 2 aromatic carbocycles. The van der Waals surface area contributed by atoms with Crippen LogP contribution in [0.2, 0.25) is 0 Å². The van der Waals surface area contributed by atoms with Crippen LogP contribution < -0.4 is 15.0 Å². The van der Waals surface area contributed by atoms with Crippen molar-refractivity contribution in [1.82, 2.24) is 5.32 Å². The summed E-state index contributed by atoms with van der Waals surface area (Å²) in [5.41, 5.74) is 1.90. The normalized spacial score (nSPS) is 16.2. The molecule has 1 aliphatic heterocycles. The van der Waals surface area contributed by atoms with E-state index in [-0.39, 0.29) is 11.3 Å². The molecule has 7 nitrogen and oxygen atoms in total. The van der Waals surface area contributed by atoms with E-state index in [2.05, 4.69) is 10.1 Å². The van der Waals surface area contributed by atoms with Gasteiger partial charge in [-0.3, -0.25) is 4.90 Å². The number of amides is 2. The summed E-state index contributed by atoms with van der Waals surface area (Å²) in [5.74, 6) is -0.695. The maximum atomic E-state index is 12.9. The van der Waals surface area contributed by atoms with E-state index in [0.29, 0.717) is 22.5 Å². The van der Waals surface area contributed by atoms with Crippen LogP contribution in [0.25, 0.3) is 0 Å². The average Bonchev–Trinajstić information content (AvgIpc) is 2.73. The summed E-state index contributed by atoms with van der Waals surface area (Å²) in [6.45, 7) is -1.36. The predicted molar refractivity (Wildman–Crippen MR) is 103 cm³/mol. The zero-order valence-corrected chi connectivity index (χ0v) is 16.1. The van der Waals surface area contributed by atoms with Gasteiger partial charge < -0.3 is 14.8 Å². The van der Waals surface area contributed by atoms with E-state index in [1.54, 1.807) is 31.2 Å². The van der Waals surface area contributed by atoms with E-state index in [1.165, 1.54) is 36.3 Å². The van der Waals surface area contributed by atoms with Crippen molar-refractivity contribution in [3.05, 3.63) is 70.9 Å². The van der Waals surface area contributed by atoms with Crippen LogP contribution in [-0.2, 0) is 9.53 Å². The first-order chi connectivity index (χ1) is 14.3. The van der Waals surface area contributed by atoms with E-state index in [9.17, 15) is 18.4 Å². The van der Waals surface area contributed by atoms with Gasteiger partial charge in [-0.05, 0) is 48.9 Å². The second-order valence-corrected chi connectivity index (χ2v) is 6.31. The van der Waals surface area contributed by atoms with Crippen molar-refractivity contribution in [2.24, 2.45) is 0 Å². The molecule has 154 valence electrons. The van der Waals surface area contributed by atoms with Crippen molar-refractivity contribution in [3.63, 3.8) is 0 Å². The third-order valence-corrected chi connectivity index (χ3v) is 4.58. The molecule has 0 spiro atoms. The Bertz CT molecular complexity index is 1030. The van der Waals surface area contributed by atoms with Gasteiger partial charge in [0.15, 0.2) is 0 Å². The Morgan fingerprint density at radius 1 is 1.17 bits per heavy atom. The molecule has 3 rings (SSSR count). The number of halogens is 2. The summed E-state index contributed by atoms with van der Waals surface area (Å²) >= 11 is 0. The zero-order valence-electron chi connectivity index (χ0n) is 16.1. The first kappa shape index (κ1) is 20.8. The lowest BCUT2D eigenvalue weighted by molar-refractivity contribution is -0.136. The van der Waals surface area contributed by atoms with Gasteiger partial charge in [0.05, 0.1) is 36.0 Å². The van der Waals surface area contributed by atoms with Gasteiger partial charge in [-0.1, -0.05) is 12.1 Å². The van der Waals surface area contributed by atoms with Gasteiger partial charge >= 0.3 is 18.6 Å². The highest BCUT2D eigenvalue weighted by atomic mass is 19.3. The molecular weight excluding hydrogens is 396 g/mol.